The van der Waals surface area contributed by atoms with Crippen LogP contribution in [-0.4, -0.2) is 29.1 Å². The minimum atomic E-state index is -1.02. The smallest absolute Gasteiger partial charge is 0.326 e. The second-order valence-corrected chi connectivity index (χ2v) is 6.57. The van der Waals surface area contributed by atoms with Gasteiger partial charge in [-0.1, -0.05) is 19.9 Å². The largest absolute Gasteiger partial charge is 0.481 e. The highest BCUT2D eigenvalue weighted by Gasteiger charge is 2.25. The highest BCUT2D eigenvalue weighted by Crippen LogP contribution is 2.26. The summed E-state index contributed by atoms with van der Waals surface area (Å²) in [6.07, 6.45) is 2.96. The molecular weight excluding hydrogens is 294 g/mol. The molecule has 0 heterocycles. The topological polar surface area (TPSA) is 75.6 Å². The molecule has 2 unspecified atom stereocenters. The van der Waals surface area contributed by atoms with Crippen LogP contribution in [-0.2, 0) is 22.4 Å². The van der Waals surface area contributed by atoms with E-state index in [2.05, 4.69) is 5.32 Å². The Balaban J connectivity index is 1.95. The molecule has 2 atom stereocenters. The van der Waals surface area contributed by atoms with E-state index in [0.717, 1.165) is 19.3 Å². The number of rotatable bonds is 7. The summed E-state index contributed by atoms with van der Waals surface area (Å²) in [5, 5.41) is 11.7. The Labute approximate surface area is 137 Å². The molecule has 0 aromatic heterocycles. The second-order valence-electron chi connectivity index (χ2n) is 6.57. The molecule has 1 aliphatic carbocycles. The van der Waals surface area contributed by atoms with E-state index in [-0.39, 0.29) is 5.92 Å². The first-order valence-corrected chi connectivity index (χ1v) is 8.18. The van der Waals surface area contributed by atoms with Crippen molar-refractivity contribution in [1.82, 2.24) is 5.32 Å². The molecule has 23 heavy (non-hydrogen) atoms. The van der Waals surface area contributed by atoms with Gasteiger partial charge in [0.15, 0.2) is 6.10 Å². The van der Waals surface area contributed by atoms with Crippen LogP contribution in [0.15, 0.2) is 18.2 Å². The molecule has 1 amide bonds. The first kappa shape index (κ1) is 17.3. The summed E-state index contributed by atoms with van der Waals surface area (Å²) < 4.78 is 5.68. The molecule has 1 aliphatic rings. The van der Waals surface area contributed by atoms with Crippen LogP contribution in [0.1, 0.15) is 44.7 Å². The summed E-state index contributed by atoms with van der Waals surface area (Å²) >= 11 is 0. The molecule has 126 valence electrons. The standard InChI is InChI=1S/C18H25NO4/c1-11(2)9-16(18(21)22)19-17(20)12(3)23-15-8-7-13-5-4-6-14(13)10-15/h7-8,10-12,16H,4-6,9H2,1-3H3,(H,19,20)(H,21,22). The van der Waals surface area contributed by atoms with Crippen molar-refractivity contribution < 1.29 is 19.4 Å². The number of amides is 1. The van der Waals surface area contributed by atoms with Gasteiger partial charge in [0.1, 0.15) is 11.8 Å². The number of carboxylic acid groups (broad SMARTS) is 1. The van der Waals surface area contributed by atoms with Gasteiger partial charge < -0.3 is 15.2 Å². The van der Waals surface area contributed by atoms with Crippen LogP contribution < -0.4 is 10.1 Å². The minimum absolute atomic E-state index is 0.185. The quantitative estimate of drug-likeness (QED) is 0.810. The lowest BCUT2D eigenvalue weighted by Crippen LogP contribution is -2.46. The number of carbonyl (C=O) groups is 2. The van der Waals surface area contributed by atoms with Crippen LogP contribution >= 0.6 is 0 Å². The van der Waals surface area contributed by atoms with E-state index in [1.807, 2.05) is 32.0 Å². The lowest BCUT2D eigenvalue weighted by molar-refractivity contribution is -0.143. The van der Waals surface area contributed by atoms with Crippen LogP contribution in [0.3, 0.4) is 0 Å². The highest BCUT2D eigenvalue weighted by atomic mass is 16.5. The van der Waals surface area contributed by atoms with Gasteiger partial charge in [0, 0.05) is 0 Å². The highest BCUT2D eigenvalue weighted by molar-refractivity contribution is 5.86. The van der Waals surface area contributed by atoms with Crippen LogP contribution in [0.2, 0.25) is 0 Å². The molecule has 5 nitrogen and oxygen atoms in total. The van der Waals surface area contributed by atoms with Crippen molar-refractivity contribution in [1.29, 1.82) is 0 Å². The summed E-state index contributed by atoms with van der Waals surface area (Å²) in [6, 6.07) is 5.01. The molecule has 2 rings (SSSR count). The molecule has 2 N–H and O–H groups in total. The van der Waals surface area contributed by atoms with Crippen molar-refractivity contribution in [3.63, 3.8) is 0 Å². The maximum absolute atomic E-state index is 12.2. The Hall–Kier alpha value is -2.04. The Bertz CT molecular complexity index is 582. The number of hydrogen-bond donors (Lipinski definition) is 2. The lowest BCUT2D eigenvalue weighted by atomic mass is 10.0. The molecular formula is C18H25NO4. The van der Waals surface area contributed by atoms with Gasteiger partial charge in [-0.05, 0) is 61.8 Å². The number of benzene rings is 1. The Kier molecular flexibility index (Phi) is 5.64. The van der Waals surface area contributed by atoms with Gasteiger partial charge in [-0.25, -0.2) is 4.79 Å². The van der Waals surface area contributed by atoms with Crippen molar-refractivity contribution in [2.75, 3.05) is 0 Å². The average molecular weight is 319 g/mol. The van der Waals surface area contributed by atoms with E-state index in [0.29, 0.717) is 12.2 Å². The first-order chi connectivity index (χ1) is 10.9. The molecule has 0 fully saturated rings. The summed E-state index contributed by atoms with van der Waals surface area (Å²) in [4.78, 5) is 23.4. The third-order valence-electron chi connectivity index (χ3n) is 4.07. The third-order valence-corrected chi connectivity index (χ3v) is 4.07. The fourth-order valence-corrected chi connectivity index (χ4v) is 2.86. The number of nitrogens with one attached hydrogen (secondary N) is 1. The van der Waals surface area contributed by atoms with Gasteiger partial charge in [-0.2, -0.15) is 0 Å². The monoisotopic (exact) mass is 319 g/mol. The number of hydrogen-bond acceptors (Lipinski definition) is 3. The minimum Gasteiger partial charge on any atom is -0.481 e. The van der Waals surface area contributed by atoms with Crippen molar-refractivity contribution in [3.8, 4) is 5.75 Å². The predicted octanol–water partition coefficient (Wildman–Crippen LogP) is 2.56. The van der Waals surface area contributed by atoms with E-state index in [9.17, 15) is 14.7 Å². The summed E-state index contributed by atoms with van der Waals surface area (Å²) in [7, 11) is 0. The number of carboxylic acids is 1. The zero-order valence-corrected chi connectivity index (χ0v) is 14.0. The van der Waals surface area contributed by atoms with Crippen LogP contribution in [0.5, 0.6) is 5.75 Å². The first-order valence-electron chi connectivity index (χ1n) is 8.18. The van der Waals surface area contributed by atoms with Crippen molar-refractivity contribution >= 4 is 11.9 Å². The van der Waals surface area contributed by atoms with E-state index >= 15 is 0 Å². The van der Waals surface area contributed by atoms with Crippen molar-refractivity contribution in [2.24, 2.45) is 5.92 Å². The van der Waals surface area contributed by atoms with Crippen LogP contribution in [0, 0.1) is 5.92 Å². The van der Waals surface area contributed by atoms with Gasteiger partial charge in [-0.15, -0.1) is 0 Å². The molecule has 0 saturated carbocycles. The number of aliphatic carboxylic acids is 1. The Morgan fingerprint density at radius 3 is 2.57 bits per heavy atom. The zero-order chi connectivity index (χ0) is 17.0. The van der Waals surface area contributed by atoms with Gasteiger partial charge in [0.25, 0.3) is 5.91 Å². The summed E-state index contributed by atoms with van der Waals surface area (Å²) in [5.74, 6) is -0.580. The molecule has 0 aliphatic heterocycles. The average Bonchev–Trinajstić information content (AvgIpc) is 2.93. The number of ether oxygens (including phenoxy) is 1. The summed E-state index contributed by atoms with van der Waals surface area (Å²) in [5.41, 5.74) is 2.62. The maximum atomic E-state index is 12.2. The van der Waals surface area contributed by atoms with Crippen LogP contribution in [0.4, 0.5) is 0 Å². The number of aryl methyl sites for hydroxylation is 2. The van der Waals surface area contributed by atoms with Gasteiger partial charge >= 0.3 is 5.97 Å². The molecule has 1 aromatic rings. The SMILES string of the molecule is CC(C)CC(NC(=O)C(C)Oc1ccc2c(c1)CCC2)C(=O)O. The van der Waals surface area contributed by atoms with Gasteiger partial charge in [0.2, 0.25) is 0 Å². The third kappa shape index (κ3) is 4.71. The maximum Gasteiger partial charge on any atom is 0.326 e. The number of carbonyl (C=O) groups excluding carboxylic acids is 1. The molecule has 0 saturated heterocycles. The lowest BCUT2D eigenvalue weighted by Gasteiger charge is -2.20. The fraction of sp³-hybridized carbons (Fsp3) is 0.556. The van der Waals surface area contributed by atoms with Gasteiger partial charge in [0.05, 0.1) is 0 Å². The van der Waals surface area contributed by atoms with E-state index in [1.54, 1.807) is 6.92 Å². The van der Waals surface area contributed by atoms with E-state index in [1.165, 1.54) is 11.1 Å². The zero-order valence-electron chi connectivity index (χ0n) is 14.0. The van der Waals surface area contributed by atoms with Crippen molar-refractivity contribution in [3.05, 3.63) is 29.3 Å². The van der Waals surface area contributed by atoms with E-state index in [4.69, 9.17) is 4.74 Å². The molecule has 1 aromatic carbocycles. The van der Waals surface area contributed by atoms with Crippen molar-refractivity contribution in [2.45, 2.75) is 58.6 Å². The van der Waals surface area contributed by atoms with Crippen LogP contribution in [0.25, 0.3) is 0 Å². The Morgan fingerprint density at radius 1 is 1.22 bits per heavy atom. The predicted molar refractivity (Wildman–Crippen MR) is 87.6 cm³/mol. The fourth-order valence-electron chi connectivity index (χ4n) is 2.86. The second kappa shape index (κ2) is 7.49. The molecule has 0 bridgehead atoms. The Morgan fingerprint density at radius 2 is 1.91 bits per heavy atom. The summed E-state index contributed by atoms with van der Waals surface area (Å²) in [6.45, 7) is 5.48. The molecule has 0 radical (unpaired) electrons. The number of fused-ring (bicyclic) bond motifs is 1. The molecule has 5 heteroatoms. The van der Waals surface area contributed by atoms with E-state index < -0.39 is 24.0 Å². The van der Waals surface area contributed by atoms with Gasteiger partial charge in [-0.3, -0.25) is 4.79 Å². The molecule has 0 spiro atoms. The normalized spacial score (nSPS) is 15.8.